The van der Waals surface area contributed by atoms with E-state index in [2.05, 4.69) is 53.3 Å². The molecule has 0 heterocycles. The Hall–Kier alpha value is -0.340. The van der Waals surface area contributed by atoms with Crippen LogP contribution in [-0.2, 0) is 6.42 Å². The monoisotopic (exact) mass is 281 g/mol. The lowest BCUT2D eigenvalue weighted by Crippen LogP contribution is -2.30. The Labute approximate surface area is 107 Å². The van der Waals surface area contributed by atoms with Crippen LogP contribution in [0.3, 0.4) is 0 Å². The van der Waals surface area contributed by atoms with Crippen molar-refractivity contribution in [1.82, 2.24) is 5.32 Å². The predicted octanol–water partition coefficient (Wildman–Crippen LogP) is 4.21. The van der Waals surface area contributed by atoms with Crippen molar-refractivity contribution in [2.24, 2.45) is 0 Å². The lowest BCUT2D eigenvalue weighted by molar-refractivity contribution is 0.413. The second kappa shape index (κ2) is 5.33. The molecule has 1 nitrogen and oxygen atoms in total. The highest BCUT2D eigenvalue weighted by atomic mass is 79.9. The third-order valence-electron chi connectivity index (χ3n) is 3.64. The number of halogens is 1. The zero-order valence-corrected chi connectivity index (χ0v) is 11.7. The maximum Gasteiger partial charge on any atom is 0.0328 e. The molecule has 1 aromatic carbocycles. The zero-order chi connectivity index (χ0) is 11.5. The normalized spacial score (nSPS) is 19.1. The van der Waals surface area contributed by atoms with E-state index in [1.807, 2.05) is 0 Å². The van der Waals surface area contributed by atoms with E-state index < -0.39 is 0 Å². The van der Waals surface area contributed by atoms with Gasteiger partial charge in [0.05, 0.1) is 0 Å². The fourth-order valence-electron chi connectivity index (χ4n) is 2.59. The van der Waals surface area contributed by atoms with Crippen LogP contribution in [0.2, 0.25) is 0 Å². The van der Waals surface area contributed by atoms with Gasteiger partial charge in [-0.25, -0.2) is 0 Å². The minimum atomic E-state index is 0.567. The third kappa shape index (κ3) is 2.33. The zero-order valence-electron chi connectivity index (χ0n) is 10.1. The molecule has 1 aliphatic carbocycles. The Morgan fingerprint density at radius 1 is 1.38 bits per heavy atom. The molecule has 1 aromatic rings. The van der Waals surface area contributed by atoms with Gasteiger partial charge in [0.1, 0.15) is 0 Å². The molecule has 0 bridgehead atoms. The van der Waals surface area contributed by atoms with Gasteiger partial charge < -0.3 is 5.32 Å². The lowest BCUT2D eigenvalue weighted by Gasteiger charge is -2.21. The fourth-order valence-corrected chi connectivity index (χ4v) is 3.17. The lowest BCUT2D eigenvalue weighted by atomic mass is 10.1. The van der Waals surface area contributed by atoms with Gasteiger partial charge in [0.15, 0.2) is 0 Å². The summed E-state index contributed by atoms with van der Waals surface area (Å²) in [7, 11) is 0. The number of rotatable bonds is 4. The molecule has 0 aliphatic heterocycles. The molecule has 1 N–H and O–H groups in total. The first-order valence-corrected chi connectivity index (χ1v) is 7.08. The number of benzene rings is 1. The second-order valence-corrected chi connectivity index (χ2v) is 5.43. The van der Waals surface area contributed by atoms with Crippen molar-refractivity contribution in [3.8, 4) is 0 Å². The topological polar surface area (TPSA) is 12.0 Å². The van der Waals surface area contributed by atoms with E-state index in [9.17, 15) is 0 Å². The van der Waals surface area contributed by atoms with Crippen LogP contribution < -0.4 is 5.32 Å². The standard InChI is InChI=1S/C14H20BrN/c1-3-10(4-2)16-14-9-8-11-12(14)6-5-7-13(11)15/h5-7,10,14,16H,3-4,8-9H2,1-2H3. The van der Waals surface area contributed by atoms with E-state index >= 15 is 0 Å². The summed E-state index contributed by atoms with van der Waals surface area (Å²) < 4.78 is 1.28. The molecule has 0 aromatic heterocycles. The van der Waals surface area contributed by atoms with Gasteiger partial charge in [-0.2, -0.15) is 0 Å². The van der Waals surface area contributed by atoms with Crippen LogP contribution in [0.25, 0.3) is 0 Å². The molecule has 0 saturated heterocycles. The van der Waals surface area contributed by atoms with Crippen LogP contribution in [0.4, 0.5) is 0 Å². The summed E-state index contributed by atoms with van der Waals surface area (Å²) in [6.07, 6.45) is 4.88. The SMILES string of the molecule is CCC(CC)NC1CCc2c(Br)cccc21. The first-order chi connectivity index (χ1) is 7.76. The summed E-state index contributed by atoms with van der Waals surface area (Å²) in [5.41, 5.74) is 3.01. The average Bonchev–Trinajstić information content (AvgIpc) is 2.71. The van der Waals surface area contributed by atoms with Crippen LogP contribution in [0, 0.1) is 0 Å². The van der Waals surface area contributed by atoms with Crippen molar-refractivity contribution in [2.75, 3.05) is 0 Å². The first-order valence-electron chi connectivity index (χ1n) is 6.29. The highest BCUT2D eigenvalue weighted by Crippen LogP contribution is 2.36. The summed E-state index contributed by atoms with van der Waals surface area (Å²) in [4.78, 5) is 0. The third-order valence-corrected chi connectivity index (χ3v) is 4.38. The van der Waals surface area contributed by atoms with Crippen LogP contribution in [-0.4, -0.2) is 6.04 Å². The Balaban J connectivity index is 2.14. The second-order valence-electron chi connectivity index (χ2n) is 4.58. The summed E-state index contributed by atoms with van der Waals surface area (Å²) in [6.45, 7) is 4.52. The van der Waals surface area contributed by atoms with Crippen LogP contribution in [0.5, 0.6) is 0 Å². The smallest absolute Gasteiger partial charge is 0.0328 e. The highest BCUT2D eigenvalue weighted by Gasteiger charge is 2.24. The Bertz CT molecular complexity index is 358. The summed E-state index contributed by atoms with van der Waals surface area (Å²) >= 11 is 3.65. The summed E-state index contributed by atoms with van der Waals surface area (Å²) in [5, 5.41) is 3.78. The molecule has 16 heavy (non-hydrogen) atoms. The number of hydrogen-bond donors (Lipinski definition) is 1. The van der Waals surface area contributed by atoms with Crippen molar-refractivity contribution < 1.29 is 0 Å². The van der Waals surface area contributed by atoms with Crippen molar-refractivity contribution in [2.45, 2.75) is 51.6 Å². The molecule has 1 aliphatic rings. The van der Waals surface area contributed by atoms with E-state index in [0.717, 1.165) is 0 Å². The Kier molecular flexibility index (Phi) is 4.04. The van der Waals surface area contributed by atoms with Gasteiger partial charge in [-0.15, -0.1) is 0 Å². The predicted molar refractivity (Wildman–Crippen MR) is 72.7 cm³/mol. The van der Waals surface area contributed by atoms with E-state index in [0.29, 0.717) is 12.1 Å². The van der Waals surface area contributed by atoms with Gasteiger partial charge in [-0.05, 0) is 42.9 Å². The summed E-state index contributed by atoms with van der Waals surface area (Å²) in [6, 6.07) is 7.80. The van der Waals surface area contributed by atoms with Gasteiger partial charge >= 0.3 is 0 Å². The van der Waals surface area contributed by atoms with Gasteiger partial charge in [0, 0.05) is 16.6 Å². The maximum absolute atomic E-state index is 3.78. The van der Waals surface area contributed by atoms with E-state index in [1.165, 1.54) is 41.3 Å². The van der Waals surface area contributed by atoms with Gasteiger partial charge in [-0.3, -0.25) is 0 Å². The fraction of sp³-hybridized carbons (Fsp3) is 0.571. The molecular formula is C14H20BrN. The van der Waals surface area contributed by atoms with E-state index in [-0.39, 0.29) is 0 Å². The molecular weight excluding hydrogens is 262 g/mol. The van der Waals surface area contributed by atoms with Crippen molar-refractivity contribution in [1.29, 1.82) is 0 Å². The molecule has 0 spiro atoms. The summed E-state index contributed by atoms with van der Waals surface area (Å²) in [5.74, 6) is 0. The number of fused-ring (bicyclic) bond motifs is 1. The van der Waals surface area contributed by atoms with Crippen molar-refractivity contribution in [3.05, 3.63) is 33.8 Å². The molecule has 2 heteroatoms. The van der Waals surface area contributed by atoms with Crippen LogP contribution in [0.15, 0.2) is 22.7 Å². The molecule has 2 rings (SSSR count). The van der Waals surface area contributed by atoms with Crippen LogP contribution >= 0.6 is 15.9 Å². The quantitative estimate of drug-likeness (QED) is 0.872. The van der Waals surface area contributed by atoms with E-state index in [1.54, 1.807) is 0 Å². The molecule has 0 fully saturated rings. The minimum Gasteiger partial charge on any atom is -0.307 e. The van der Waals surface area contributed by atoms with Crippen molar-refractivity contribution in [3.63, 3.8) is 0 Å². The van der Waals surface area contributed by atoms with Gasteiger partial charge in [0.2, 0.25) is 0 Å². The Morgan fingerprint density at radius 3 is 2.81 bits per heavy atom. The molecule has 0 saturated carbocycles. The van der Waals surface area contributed by atoms with Gasteiger partial charge in [-0.1, -0.05) is 41.9 Å². The van der Waals surface area contributed by atoms with Gasteiger partial charge in [0.25, 0.3) is 0 Å². The average molecular weight is 282 g/mol. The Morgan fingerprint density at radius 2 is 2.12 bits per heavy atom. The van der Waals surface area contributed by atoms with Crippen LogP contribution in [0.1, 0.15) is 50.3 Å². The number of hydrogen-bond acceptors (Lipinski definition) is 1. The molecule has 1 atom stereocenters. The molecule has 0 amide bonds. The maximum atomic E-state index is 3.78. The van der Waals surface area contributed by atoms with Crippen molar-refractivity contribution >= 4 is 15.9 Å². The first kappa shape index (κ1) is 12.1. The molecule has 0 radical (unpaired) electrons. The van der Waals surface area contributed by atoms with E-state index in [4.69, 9.17) is 0 Å². The molecule has 1 unspecified atom stereocenters. The largest absolute Gasteiger partial charge is 0.307 e. The molecule has 88 valence electrons. The number of nitrogens with one attached hydrogen (secondary N) is 1. The highest BCUT2D eigenvalue weighted by molar-refractivity contribution is 9.10. The minimum absolute atomic E-state index is 0.567.